The zero-order valence-corrected chi connectivity index (χ0v) is 18.2. The van der Waals surface area contributed by atoms with Crippen LogP contribution < -0.4 is 0 Å². The SMILES string of the molecule is CCCCC(CC)C(c1ccc(O)c(CCC)c1)c1ccc(O)c(CCC)c1. The van der Waals surface area contributed by atoms with Crippen molar-refractivity contribution in [3.8, 4) is 11.5 Å². The van der Waals surface area contributed by atoms with Crippen molar-refractivity contribution in [3.63, 3.8) is 0 Å². The highest BCUT2D eigenvalue weighted by molar-refractivity contribution is 5.45. The fraction of sp³-hybridized carbons (Fsp3) is 0.538. The summed E-state index contributed by atoms with van der Waals surface area (Å²) in [5.41, 5.74) is 4.67. The molecule has 2 aromatic rings. The number of phenols is 2. The van der Waals surface area contributed by atoms with Crippen LogP contribution in [0, 0.1) is 5.92 Å². The first-order valence-corrected chi connectivity index (χ1v) is 11.2. The highest BCUT2D eigenvalue weighted by Crippen LogP contribution is 2.40. The van der Waals surface area contributed by atoms with Crippen LogP contribution in [0.1, 0.15) is 94.4 Å². The van der Waals surface area contributed by atoms with Crippen molar-refractivity contribution in [3.05, 3.63) is 58.7 Å². The number of phenolic OH excluding ortho intramolecular Hbond substituents is 2. The molecule has 0 fully saturated rings. The van der Waals surface area contributed by atoms with E-state index in [0.717, 1.165) is 43.2 Å². The molecular formula is C26H38O2. The predicted molar refractivity (Wildman–Crippen MR) is 119 cm³/mol. The minimum Gasteiger partial charge on any atom is -0.508 e. The normalized spacial score (nSPS) is 12.5. The van der Waals surface area contributed by atoms with Gasteiger partial charge in [-0.3, -0.25) is 0 Å². The van der Waals surface area contributed by atoms with Crippen molar-refractivity contribution in [2.24, 2.45) is 5.92 Å². The van der Waals surface area contributed by atoms with Crippen molar-refractivity contribution in [2.75, 3.05) is 0 Å². The lowest BCUT2D eigenvalue weighted by Crippen LogP contribution is -2.15. The number of benzene rings is 2. The molecule has 0 aliphatic rings. The van der Waals surface area contributed by atoms with Gasteiger partial charge in [0.15, 0.2) is 0 Å². The molecule has 0 radical (unpaired) electrons. The third-order valence-corrected chi connectivity index (χ3v) is 5.89. The Morgan fingerprint density at radius 1 is 0.714 bits per heavy atom. The van der Waals surface area contributed by atoms with E-state index in [0.29, 0.717) is 23.3 Å². The molecule has 2 rings (SSSR count). The molecule has 0 aliphatic carbocycles. The van der Waals surface area contributed by atoms with E-state index < -0.39 is 0 Å². The average molecular weight is 383 g/mol. The van der Waals surface area contributed by atoms with Gasteiger partial charge < -0.3 is 10.2 Å². The van der Waals surface area contributed by atoms with Crippen LogP contribution in [0.15, 0.2) is 36.4 Å². The Kier molecular flexibility index (Phi) is 8.89. The lowest BCUT2D eigenvalue weighted by atomic mass is 9.76. The number of rotatable bonds is 11. The second kappa shape index (κ2) is 11.1. The Balaban J connectivity index is 2.54. The fourth-order valence-electron chi connectivity index (χ4n) is 4.35. The van der Waals surface area contributed by atoms with Gasteiger partial charge in [-0.1, -0.05) is 84.1 Å². The molecule has 0 amide bonds. The molecule has 28 heavy (non-hydrogen) atoms. The van der Waals surface area contributed by atoms with Gasteiger partial charge in [-0.2, -0.15) is 0 Å². The van der Waals surface area contributed by atoms with Gasteiger partial charge >= 0.3 is 0 Å². The monoisotopic (exact) mass is 382 g/mol. The lowest BCUT2D eigenvalue weighted by molar-refractivity contribution is 0.404. The molecular weight excluding hydrogens is 344 g/mol. The quantitative estimate of drug-likeness (QED) is 0.426. The van der Waals surface area contributed by atoms with E-state index in [9.17, 15) is 10.2 Å². The Labute approximate surface area is 171 Å². The van der Waals surface area contributed by atoms with E-state index in [2.05, 4.69) is 52.0 Å². The van der Waals surface area contributed by atoms with Crippen LogP contribution in [-0.2, 0) is 12.8 Å². The molecule has 154 valence electrons. The summed E-state index contributed by atoms with van der Waals surface area (Å²) in [6.45, 7) is 8.84. The first-order valence-electron chi connectivity index (χ1n) is 11.2. The number of hydrogen-bond donors (Lipinski definition) is 2. The van der Waals surface area contributed by atoms with Crippen molar-refractivity contribution >= 4 is 0 Å². The Bertz CT molecular complexity index is 680. The van der Waals surface area contributed by atoms with Gasteiger partial charge in [0.1, 0.15) is 11.5 Å². The summed E-state index contributed by atoms with van der Waals surface area (Å²) in [5.74, 6) is 1.66. The molecule has 1 unspecified atom stereocenters. The summed E-state index contributed by atoms with van der Waals surface area (Å²) in [6.07, 6.45) is 8.60. The van der Waals surface area contributed by atoms with Crippen LogP contribution in [0.5, 0.6) is 11.5 Å². The van der Waals surface area contributed by atoms with Gasteiger partial charge in [0.05, 0.1) is 0 Å². The van der Waals surface area contributed by atoms with Crippen LogP contribution in [0.4, 0.5) is 0 Å². The summed E-state index contributed by atoms with van der Waals surface area (Å²) in [5, 5.41) is 20.5. The Morgan fingerprint density at radius 3 is 1.61 bits per heavy atom. The predicted octanol–water partition coefficient (Wildman–Crippen LogP) is 7.35. The van der Waals surface area contributed by atoms with E-state index in [1.165, 1.54) is 30.4 Å². The molecule has 0 aromatic heterocycles. The smallest absolute Gasteiger partial charge is 0.118 e. The summed E-state index contributed by atoms with van der Waals surface area (Å²) < 4.78 is 0. The number of unbranched alkanes of at least 4 members (excludes halogenated alkanes) is 1. The molecule has 0 bridgehead atoms. The number of aryl methyl sites for hydroxylation is 2. The molecule has 2 aromatic carbocycles. The molecule has 2 nitrogen and oxygen atoms in total. The zero-order chi connectivity index (χ0) is 20.5. The van der Waals surface area contributed by atoms with Crippen LogP contribution in [-0.4, -0.2) is 10.2 Å². The van der Waals surface area contributed by atoms with E-state index in [1.54, 1.807) is 0 Å². The second-order valence-electron chi connectivity index (χ2n) is 8.06. The van der Waals surface area contributed by atoms with Crippen molar-refractivity contribution < 1.29 is 10.2 Å². The summed E-state index contributed by atoms with van der Waals surface area (Å²) in [4.78, 5) is 0. The van der Waals surface area contributed by atoms with Crippen molar-refractivity contribution in [2.45, 2.75) is 85.0 Å². The molecule has 0 heterocycles. The lowest BCUT2D eigenvalue weighted by Gasteiger charge is -2.28. The second-order valence-corrected chi connectivity index (χ2v) is 8.06. The van der Waals surface area contributed by atoms with Gasteiger partial charge in [-0.25, -0.2) is 0 Å². The standard InChI is InChI=1S/C26H38O2/c1-5-9-12-19(8-4)26(22-13-15-24(27)20(17-22)10-6-2)23-14-16-25(28)21(18-23)11-7-3/h13-19,26-28H,5-12H2,1-4H3. The molecule has 0 saturated carbocycles. The van der Waals surface area contributed by atoms with Crippen LogP contribution in [0.2, 0.25) is 0 Å². The first-order chi connectivity index (χ1) is 13.5. The molecule has 1 atom stereocenters. The summed E-state index contributed by atoms with van der Waals surface area (Å²) >= 11 is 0. The Hall–Kier alpha value is -1.96. The van der Waals surface area contributed by atoms with Crippen LogP contribution in [0.3, 0.4) is 0 Å². The maximum Gasteiger partial charge on any atom is 0.118 e. The van der Waals surface area contributed by atoms with Crippen LogP contribution in [0.25, 0.3) is 0 Å². The van der Waals surface area contributed by atoms with Gasteiger partial charge in [-0.15, -0.1) is 0 Å². The van der Waals surface area contributed by atoms with E-state index >= 15 is 0 Å². The van der Waals surface area contributed by atoms with E-state index in [4.69, 9.17) is 0 Å². The zero-order valence-electron chi connectivity index (χ0n) is 18.2. The third kappa shape index (κ3) is 5.53. The Morgan fingerprint density at radius 2 is 1.21 bits per heavy atom. The molecule has 2 heteroatoms. The molecule has 0 spiro atoms. The first kappa shape index (κ1) is 22.3. The minimum absolute atomic E-state index is 0.295. The number of aromatic hydroxyl groups is 2. The van der Waals surface area contributed by atoms with E-state index in [-0.39, 0.29) is 0 Å². The van der Waals surface area contributed by atoms with Gasteiger partial charge in [0.25, 0.3) is 0 Å². The topological polar surface area (TPSA) is 40.5 Å². The van der Waals surface area contributed by atoms with Crippen molar-refractivity contribution in [1.82, 2.24) is 0 Å². The van der Waals surface area contributed by atoms with E-state index in [1.807, 2.05) is 12.1 Å². The number of hydrogen-bond acceptors (Lipinski definition) is 2. The third-order valence-electron chi connectivity index (χ3n) is 5.89. The average Bonchev–Trinajstić information content (AvgIpc) is 2.69. The summed E-state index contributed by atoms with van der Waals surface area (Å²) in [7, 11) is 0. The highest BCUT2D eigenvalue weighted by Gasteiger charge is 2.25. The van der Waals surface area contributed by atoms with Crippen molar-refractivity contribution in [1.29, 1.82) is 0 Å². The fourth-order valence-corrected chi connectivity index (χ4v) is 4.35. The molecule has 0 aliphatic heterocycles. The molecule has 2 N–H and O–H groups in total. The largest absolute Gasteiger partial charge is 0.508 e. The van der Waals surface area contributed by atoms with Crippen LogP contribution >= 0.6 is 0 Å². The maximum atomic E-state index is 10.3. The molecule has 0 saturated heterocycles. The highest BCUT2D eigenvalue weighted by atomic mass is 16.3. The summed E-state index contributed by atoms with van der Waals surface area (Å²) in [6, 6.07) is 12.4. The van der Waals surface area contributed by atoms with Gasteiger partial charge in [0.2, 0.25) is 0 Å². The van der Waals surface area contributed by atoms with Gasteiger partial charge in [-0.05, 0) is 59.6 Å². The minimum atomic E-state index is 0.295. The maximum absolute atomic E-state index is 10.3. The van der Waals surface area contributed by atoms with Gasteiger partial charge in [0, 0.05) is 5.92 Å².